The molecule has 2 aliphatic heterocycles. The molecule has 2 aromatic rings. The maximum absolute atomic E-state index is 13.1. The highest BCUT2D eigenvalue weighted by Gasteiger charge is 2.32. The topological polar surface area (TPSA) is 53.1 Å². The summed E-state index contributed by atoms with van der Waals surface area (Å²) in [5, 5.41) is 0. The fourth-order valence-corrected chi connectivity index (χ4v) is 4.75. The number of nitrogens with zero attached hydrogens (tertiary/aromatic N) is 3. The van der Waals surface area contributed by atoms with E-state index < -0.39 is 0 Å². The molecule has 0 unspecified atom stereocenters. The number of hydrogen-bond acceptors (Lipinski definition) is 4. The quantitative estimate of drug-likeness (QED) is 0.699. The van der Waals surface area contributed by atoms with Crippen molar-refractivity contribution in [2.75, 3.05) is 51.3 Å². The van der Waals surface area contributed by atoms with Crippen LogP contribution in [0.1, 0.15) is 24.8 Å². The number of methoxy groups -OCH3 is 1. The second-order valence-electron chi connectivity index (χ2n) is 8.62. The lowest BCUT2D eigenvalue weighted by atomic mass is 9.94. The standard InChI is InChI=1S/C26H33N3O3/c1-32-24-10-6-5-9-23(24)27-17-19-29(20-18-27)26(31)22-13-15-28(16-14-22)25(30)12-11-21-7-3-2-4-8-21/h2-10,22H,11-20H2,1H3. The maximum Gasteiger partial charge on any atom is 0.225 e. The summed E-state index contributed by atoms with van der Waals surface area (Å²) in [6.07, 6.45) is 2.84. The smallest absolute Gasteiger partial charge is 0.225 e. The number of ether oxygens (including phenoxy) is 1. The van der Waals surface area contributed by atoms with E-state index in [9.17, 15) is 9.59 Å². The number of hydrogen-bond donors (Lipinski definition) is 0. The minimum atomic E-state index is 0.0333. The Morgan fingerprint density at radius 2 is 1.50 bits per heavy atom. The van der Waals surface area contributed by atoms with Crippen molar-refractivity contribution in [3.05, 3.63) is 60.2 Å². The summed E-state index contributed by atoms with van der Waals surface area (Å²) in [4.78, 5) is 31.9. The molecule has 170 valence electrons. The zero-order valence-corrected chi connectivity index (χ0v) is 18.9. The molecular formula is C26H33N3O3. The molecular weight excluding hydrogens is 402 g/mol. The zero-order chi connectivity index (χ0) is 22.3. The molecule has 0 atom stereocenters. The lowest BCUT2D eigenvalue weighted by Crippen LogP contribution is -2.52. The van der Waals surface area contributed by atoms with E-state index in [1.54, 1.807) is 7.11 Å². The molecule has 0 aliphatic carbocycles. The molecule has 6 heteroatoms. The van der Waals surface area contributed by atoms with Gasteiger partial charge in [0.1, 0.15) is 5.75 Å². The van der Waals surface area contributed by atoms with Crippen LogP contribution in [-0.2, 0) is 16.0 Å². The number of aryl methyl sites for hydroxylation is 1. The lowest BCUT2D eigenvalue weighted by molar-refractivity contribution is -0.141. The first-order valence-corrected chi connectivity index (χ1v) is 11.6. The Morgan fingerprint density at radius 3 is 2.19 bits per heavy atom. The van der Waals surface area contributed by atoms with Crippen LogP contribution in [0.3, 0.4) is 0 Å². The van der Waals surface area contributed by atoms with Gasteiger partial charge in [0.2, 0.25) is 11.8 Å². The van der Waals surface area contributed by atoms with Crippen molar-refractivity contribution in [1.29, 1.82) is 0 Å². The Kier molecular flexibility index (Phi) is 7.30. The van der Waals surface area contributed by atoms with Gasteiger partial charge in [-0.3, -0.25) is 9.59 Å². The third-order valence-corrected chi connectivity index (χ3v) is 6.68. The van der Waals surface area contributed by atoms with E-state index >= 15 is 0 Å². The molecule has 2 heterocycles. The van der Waals surface area contributed by atoms with E-state index in [0.717, 1.165) is 56.9 Å². The summed E-state index contributed by atoms with van der Waals surface area (Å²) in [5.74, 6) is 1.36. The number of likely N-dealkylation sites (tertiary alicyclic amines) is 1. The zero-order valence-electron chi connectivity index (χ0n) is 18.9. The molecule has 0 spiro atoms. The highest BCUT2D eigenvalue weighted by atomic mass is 16.5. The first-order valence-electron chi connectivity index (χ1n) is 11.6. The monoisotopic (exact) mass is 435 g/mol. The average molecular weight is 436 g/mol. The molecule has 2 aliphatic rings. The Balaban J connectivity index is 1.22. The van der Waals surface area contributed by atoms with Crippen molar-refractivity contribution in [2.24, 2.45) is 5.92 Å². The van der Waals surface area contributed by atoms with E-state index in [2.05, 4.69) is 23.1 Å². The first kappa shape index (κ1) is 22.2. The molecule has 2 aromatic carbocycles. The minimum Gasteiger partial charge on any atom is -0.495 e. The molecule has 0 aromatic heterocycles. The molecule has 0 bridgehead atoms. The van der Waals surface area contributed by atoms with Gasteiger partial charge in [0, 0.05) is 51.6 Å². The fraction of sp³-hybridized carbons (Fsp3) is 0.462. The highest BCUT2D eigenvalue weighted by molar-refractivity contribution is 5.80. The summed E-state index contributed by atoms with van der Waals surface area (Å²) >= 11 is 0. The summed E-state index contributed by atoms with van der Waals surface area (Å²) < 4.78 is 5.49. The number of para-hydroxylation sites is 2. The van der Waals surface area contributed by atoms with Crippen molar-refractivity contribution < 1.29 is 14.3 Å². The van der Waals surface area contributed by atoms with Crippen LogP contribution in [0.5, 0.6) is 5.75 Å². The molecule has 6 nitrogen and oxygen atoms in total. The van der Waals surface area contributed by atoms with Crippen LogP contribution in [0.4, 0.5) is 5.69 Å². The normalized spacial score (nSPS) is 17.3. The summed E-state index contributed by atoms with van der Waals surface area (Å²) in [6, 6.07) is 18.2. The van der Waals surface area contributed by atoms with Gasteiger partial charge in [-0.2, -0.15) is 0 Å². The first-order chi connectivity index (χ1) is 15.7. The maximum atomic E-state index is 13.1. The van der Waals surface area contributed by atoms with E-state index in [4.69, 9.17) is 4.74 Å². The van der Waals surface area contributed by atoms with Gasteiger partial charge in [0.05, 0.1) is 12.8 Å². The molecule has 32 heavy (non-hydrogen) atoms. The SMILES string of the molecule is COc1ccccc1N1CCN(C(=O)C2CCN(C(=O)CCc3ccccc3)CC2)CC1. The van der Waals surface area contributed by atoms with Crippen molar-refractivity contribution in [3.63, 3.8) is 0 Å². The van der Waals surface area contributed by atoms with Crippen LogP contribution in [0, 0.1) is 5.92 Å². The van der Waals surface area contributed by atoms with Gasteiger partial charge >= 0.3 is 0 Å². The summed E-state index contributed by atoms with van der Waals surface area (Å²) in [7, 11) is 1.69. The predicted molar refractivity (Wildman–Crippen MR) is 126 cm³/mol. The number of carbonyl (C=O) groups is 2. The molecule has 0 N–H and O–H groups in total. The molecule has 4 rings (SSSR count). The number of anilines is 1. The fourth-order valence-electron chi connectivity index (χ4n) is 4.75. The molecule has 2 saturated heterocycles. The van der Waals surface area contributed by atoms with E-state index in [0.29, 0.717) is 19.5 Å². The van der Waals surface area contributed by atoms with Crippen LogP contribution in [0.2, 0.25) is 0 Å². The Hall–Kier alpha value is -3.02. The Morgan fingerprint density at radius 1 is 0.844 bits per heavy atom. The van der Waals surface area contributed by atoms with Gasteiger partial charge in [0.15, 0.2) is 0 Å². The summed E-state index contributed by atoms with van der Waals surface area (Å²) in [6.45, 7) is 4.45. The number of carbonyl (C=O) groups excluding carboxylic acids is 2. The number of piperidine rings is 1. The molecule has 0 radical (unpaired) electrons. The van der Waals surface area contributed by atoms with Gasteiger partial charge in [-0.15, -0.1) is 0 Å². The van der Waals surface area contributed by atoms with Gasteiger partial charge in [-0.25, -0.2) is 0 Å². The Bertz CT molecular complexity index is 902. The predicted octanol–water partition coefficient (Wildman–Crippen LogP) is 3.22. The van der Waals surface area contributed by atoms with Crippen LogP contribution >= 0.6 is 0 Å². The van der Waals surface area contributed by atoms with Crippen molar-refractivity contribution in [1.82, 2.24) is 9.80 Å². The molecule has 0 saturated carbocycles. The lowest BCUT2D eigenvalue weighted by Gasteiger charge is -2.39. The number of piperazine rings is 1. The van der Waals surface area contributed by atoms with Crippen LogP contribution in [0.25, 0.3) is 0 Å². The average Bonchev–Trinajstić information content (AvgIpc) is 2.87. The largest absolute Gasteiger partial charge is 0.495 e. The second-order valence-corrected chi connectivity index (χ2v) is 8.62. The summed E-state index contributed by atoms with van der Waals surface area (Å²) in [5.41, 5.74) is 2.28. The van der Waals surface area contributed by atoms with E-state index in [1.165, 1.54) is 5.56 Å². The van der Waals surface area contributed by atoms with Crippen molar-refractivity contribution in [2.45, 2.75) is 25.7 Å². The van der Waals surface area contributed by atoms with Crippen molar-refractivity contribution >= 4 is 17.5 Å². The van der Waals surface area contributed by atoms with E-state index in [-0.39, 0.29) is 17.7 Å². The van der Waals surface area contributed by atoms with Crippen molar-refractivity contribution in [3.8, 4) is 5.75 Å². The third-order valence-electron chi connectivity index (χ3n) is 6.68. The van der Waals surface area contributed by atoms with Crippen LogP contribution in [-0.4, -0.2) is 68.0 Å². The van der Waals surface area contributed by atoms with Crippen LogP contribution < -0.4 is 9.64 Å². The molecule has 2 amide bonds. The highest BCUT2D eigenvalue weighted by Crippen LogP contribution is 2.29. The Labute approximate surface area is 190 Å². The van der Waals surface area contributed by atoms with Gasteiger partial charge in [-0.1, -0.05) is 42.5 Å². The molecule has 2 fully saturated rings. The van der Waals surface area contributed by atoms with E-state index in [1.807, 2.05) is 46.2 Å². The number of amides is 2. The van der Waals surface area contributed by atoms with Gasteiger partial charge < -0.3 is 19.4 Å². The van der Waals surface area contributed by atoms with Gasteiger partial charge in [0.25, 0.3) is 0 Å². The second kappa shape index (κ2) is 10.5. The minimum absolute atomic E-state index is 0.0333. The van der Waals surface area contributed by atoms with Crippen LogP contribution in [0.15, 0.2) is 54.6 Å². The third kappa shape index (κ3) is 5.23. The van der Waals surface area contributed by atoms with Gasteiger partial charge in [-0.05, 0) is 37.0 Å². The number of benzene rings is 2. The number of rotatable bonds is 6.